The summed E-state index contributed by atoms with van der Waals surface area (Å²) >= 11 is 1.93. The Morgan fingerprint density at radius 3 is 2.65 bits per heavy atom. The van der Waals surface area contributed by atoms with E-state index in [9.17, 15) is 0 Å². The molecule has 0 fully saturated rings. The SMILES string of the molecule is CCC(CC)(CNc1ccc2ncccc2c1N)SC. The van der Waals surface area contributed by atoms with Gasteiger partial charge in [0.05, 0.1) is 16.9 Å². The molecule has 4 heteroatoms. The summed E-state index contributed by atoms with van der Waals surface area (Å²) in [6, 6.07) is 7.99. The zero-order chi connectivity index (χ0) is 14.6. The fraction of sp³-hybridized carbons (Fsp3) is 0.438. The van der Waals surface area contributed by atoms with Gasteiger partial charge in [-0.1, -0.05) is 13.8 Å². The number of pyridine rings is 1. The van der Waals surface area contributed by atoms with E-state index in [1.54, 1.807) is 6.20 Å². The number of anilines is 2. The van der Waals surface area contributed by atoms with Crippen molar-refractivity contribution in [2.45, 2.75) is 31.4 Å². The van der Waals surface area contributed by atoms with E-state index < -0.39 is 0 Å². The number of aromatic nitrogens is 1. The lowest BCUT2D eigenvalue weighted by Gasteiger charge is -2.30. The van der Waals surface area contributed by atoms with E-state index in [2.05, 4.69) is 30.4 Å². The summed E-state index contributed by atoms with van der Waals surface area (Å²) in [6.45, 7) is 5.42. The molecule has 1 heterocycles. The van der Waals surface area contributed by atoms with Crippen molar-refractivity contribution in [1.29, 1.82) is 0 Å². The first-order valence-electron chi connectivity index (χ1n) is 7.08. The highest BCUT2D eigenvalue weighted by atomic mass is 32.2. The van der Waals surface area contributed by atoms with Gasteiger partial charge in [-0.15, -0.1) is 0 Å². The van der Waals surface area contributed by atoms with Crippen LogP contribution in [0.25, 0.3) is 10.9 Å². The van der Waals surface area contributed by atoms with Gasteiger partial charge in [0.1, 0.15) is 0 Å². The van der Waals surface area contributed by atoms with E-state index in [4.69, 9.17) is 5.73 Å². The highest BCUT2D eigenvalue weighted by Gasteiger charge is 2.24. The number of benzene rings is 1. The molecule has 3 nitrogen and oxygen atoms in total. The number of thioether (sulfide) groups is 1. The van der Waals surface area contributed by atoms with Crippen LogP contribution in [-0.2, 0) is 0 Å². The predicted octanol–water partition coefficient (Wildman–Crippen LogP) is 4.15. The lowest BCUT2D eigenvalue weighted by atomic mass is 10.0. The Kier molecular flexibility index (Phi) is 4.76. The molecule has 2 aromatic rings. The second kappa shape index (κ2) is 6.35. The van der Waals surface area contributed by atoms with Crippen molar-refractivity contribution in [3.63, 3.8) is 0 Å². The first kappa shape index (κ1) is 15.0. The van der Waals surface area contributed by atoms with Crippen molar-refractivity contribution < 1.29 is 0 Å². The number of rotatable bonds is 6. The van der Waals surface area contributed by atoms with Gasteiger partial charge in [0.2, 0.25) is 0 Å². The predicted molar refractivity (Wildman–Crippen MR) is 91.5 cm³/mol. The van der Waals surface area contributed by atoms with Gasteiger partial charge in [-0.25, -0.2) is 0 Å². The molecule has 3 N–H and O–H groups in total. The molecule has 0 saturated carbocycles. The van der Waals surface area contributed by atoms with Crippen LogP contribution in [-0.4, -0.2) is 22.5 Å². The molecule has 0 radical (unpaired) electrons. The lowest BCUT2D eigenvalue weighted by molar-refractivity contribution is 0.575. The Hall–Kier alpha value is -1.42. The van der Waals surface area contributed by atoms with Crippen molar-refractivity contribution in [3.8, 4) is 0 Å². The first-order chi connectivity index (χ1) is 9.65. The minimum atomic E-state index is 0.274. The summed E-state index contributed by atoms with van der Waals surface area (Å²) in [5.41, 5.74) is 9.00. The number of nitrogen functional groups attached to an aromatic ring is 1. The summed E-state index contributed by atoms with van der Waals surface area (Å²) in [5.74, 6) is 0. The summed E-state index contributed by atoms with van der Waals surface area (Å²) in [4.78, 5) is 4.33. The van der Waals surface area contributed by atoms with Crippen LogP contribution in [0.5, 0.6) is 0 Å². The number of fused-ring (bicyclic) bond motifs is 1. The Bertz CT molecular complexity index is 571. The maximum absolute atomic E-state index is 6.26. The molecule has 2 rings (SSSR count). The van der Waals surface area contributed by atoms with Crippen molar-refractivity contribution in [2.75, 3.05) is 23.9 Å². The number of nitrogens with zero attached hydrogens (tertiary/aromatic N) is 1. The highest BCUT2D eigenvalue weighted by Crippen LogP contribution is 2.33. The van der Waals surface area contributed by atoms with E-state index in [0.717, 1.165) is 41.7 Å². The summed E-state index contributed by atoms with van der Waals surface area (Å²) in [5, 5.41) is 4.54. The van der Waals surface area contributed by atoms with Crippen LogP contribution in [0.15, 0.2) is 30.5 Å². The molecule has 0 bridgehead atoms. The smallest absolute Gasteiger partial charge is 0.0724 e. The lowest BCUT2D eigenvalue weighted by Crippen LogP contribution is -2.32. The summed E-state index contributed by atoms with van der Waals surface area (Å²) < 4.78 is 0.274. The number of nitrogens with one attached hydrogen (secondary N) is 1. The third kappa shape index (κ3) is 2.85. The maximum Gasteiger partial charge on any atom is 0.0724 e. The summed E-state index contributed by atoms with van der Waals surface area (Å²) in [6.07, 6.45) is 6.27. The molecule has 0 aliphatic heterocycles. The third-order valence-corrected chi connectivity index (χ3v) is 5.74. The quantitative estimate of drug-likeness (QED) is 0.784. The van der Waals surface area contributed by atoms with Crippen LogP contribution < -0.4 is 11.1 Å². The topological polar surface area (TPSA) is 50.9 Å². The normalized spacial score (nSPS) is 11.8. The Morgan fingerprint density at radius 1 is 1.25 bits per heavy atom. The van der Waals surface area contributed by atoms with Crippen molar-refractivity contribution in [1.82, 2.24) is 4.98 Å². The molecule has 0 aliphatic carbocycles. The van der Waals surface area contributed by atoms with Gasteiger partial charge < -0.3 is 11.1 Å². The molecular weight excluding hydrogens is 266 g/mol. The van der Waals surface area contributed by atoms with Gasteiger partial charge in [-0.05, 0) is 43.4 Å². The van der Waals surface area contributed by atoms with Crippen molar-refractivity contribution in [2.24, 2.45) is 0 Å². The standard InChI is InChI=1S/C16H23N3S/c1-4-16(5-2,20-3)11-19-14-9-8-13-12(15(14)17)7-6-10-18-13/h6-10,19H,4-5,11,17H2,1-3H3. The number of hydrogen-bond donors (Lipinski definition) is 2. The molecule has 0 spiro atoms. The molecule has 1 aromatic carbocycles. The largest absolute Gasteiger partial charge is 0.397 e. The molecule has 0 aliphatic rings. The molecule has 0 saturated heterocycles. The second-order valence-electron chi connectivity index (χ2n) is 5.04. The van der Waals surface area contributed by atoms with Crippen LogP contribution >= 0.6 is 11.8 Å². The van der Waals surface area contributed by atoms with E-state index in [1.807, 2.05) is 36.0 Å². The molecule has 1 aromatic heterocycles. The van der Waals surface area contributed by atoms with Crippen LogP contribution in [0.3, 0.4) is 0 Å². The fourth-order valence-corrected chi connectivity index (χ4v) is 3.24. The van der Waals surface area contributed by atoms with Crippen molar-refractivity contribution in [3.05, 3.63) is 30.5 Å². The van der Waals surface area contributed by atoms with E-state index in [-0.39, 0.29) is 4.75 Å². The van der Waals surface area contributed by atoms with Crippen LogP contribution in [0, 0.1) is 0 Å². The van der Waals surface area contributed by atoms with Crippen LogP contribution in [0.2, 0.25) is 0 Å². The van der Waals surface area contributed by atoms with Crippen LogP contribution in [0.1, 0.15) is 26.7 Å². The summed E-state index contributed by atoms with van der Waals surface area (Å²) in [7, 11) is 0. The van der Waals surface area contributed by atoms with Crippen LogP contribution in [0.4, 0.5) is 11.4 Å². The van der Waals surface area contributed by atoms with Gasteiger partial charge in [0.15, 0.2) is 0 Å². The molecule has 20 heavy (non-hydrogen) atoms. The molecule has 0 unspecified atom stereocenters. The van der Waals surface area contributed by atoms with Gasteiger partial charge in [-0.3, -0.25) is 4.98 Å². The molecule has 0 amide bonds. The second-order valence-corrected chi connectivity index (χ2v) is 6.32. The van der Waals surface area contributed by atoms with E-state index in [0.29, 0.717) is 0 Å². The number of nitrogens with two attached hydrogens (primary N) is 1. The maximum atomic E-state index is 6.26. The zero-order valence-corrected chi connectivity index (χ0v) is 13.3. The minimum Gasteiger partial charge on any atom is -0.397 e. The Balaban J connectivity index is 2.24. The van der Waals surface area contributed by atoms with Gasteiger partial charge >= 0.3 is 0 Å². The van der Waals surface area contributed by atoms with E-state index in [1.165, 1.54) is 0 Å². The van der Waals surface area contributed by atoms with Gasteiger partial charge in [0, 0.05) is 22.9 Å². The molecular formula is C16H23N3S. The Labute approximate surface area is 125 Å². The average Bonchev–Trinajstić information content (AvgIpc) is 2.51. The minimum absolute atomic E-state index is 0.274. The monoisotopic (exact) mass is 289 g/mol. The number of hydrogen-bond acceptors (Lipinski definition) is 4. The molecule has 0 atom stereocenters. The Morgan fingerprint density at radius 2 is 2.00 bits per heavy atom. The average molecular weight is 289 g/mol. The van der Waals surface area contributed by atoms with E-state index >= 15 is 0 Å². The molecule has 108 valence electrons. The van der Waals surface area contributed by atoms with Crippen molar-refractivity contribution >= 4 is 34.0 Å². The first-order valence-corrected chi connectivity index (χ1v) is 8.30. The van der Waals surface area contributed by atoms with Gasteiger partial charge in [0.25, 0.3) is 0 Å². The zero-order valence-electron chi connectivity index (χ0n) is 12.4. The van der Waals surface area contributed by atoms with Gasteiger partial charge in [-0.2, -0.15) is 11.8 Å². The third-order valence-electron chi connectivity index (χ3n) is 4.15. The fourth-order valence-electron chi connectivity index (χ4n) is 2.45. The highest BCUT2D eigenvalue weighted by molar-refractivity contribution is 8.00.